The first-order valence-electron chi connectivity index (χ1n) is 6.97. The normalized spacial score (nSPS) is 12.0. The van der Waals surface area contributed by atoms with Crippen LogP contribution in [0.5, 0.6) is 11.5 Å². The number of hydrogen-bond acceptors (Lipinski definition) is 3. The predicted molar refractivity (Wildman–Crippen MR) is 81.2 cm³/mol. The average molecular weight is 289 g/mol. The molecule has 112 valence electrons. The van der Waals surface area contributed by atoms with Crippen molar-refractivity contribution in [3.63, 3.8) is 0 Å². The zero-order valence-electron chi connectivity index (χ0n) is 12.3. The highest BCUT2D eigenvalue weighted by atomic mass is 19.1. The smallest absolute Gasteiger partial charge is 0.162 e. The zero-order valence-corrected chi connectivity index (χ0v) is 12.3. The van der Waals surface area contributed by atoms with Crippen LogP contribution in [0, 0.1) is 5.82 Å². The fourth-order valence-electron chi connectivity index (χ4n) is 2.16. The van der Waals surface area contributed by atoms with E-state index in [-0.39, 0.29) is 12.4 Å². The Morgan fingerprint density at radius 2 is 1.90 bits per heavy atom. The number of hydrogen-bond donors (Lipinski definition) is 1. The van der Waals surface area contributed by atoms with Gasteiger partial charge in [0.1, 0.15) is 11.9 Å². The first-order chi connectivity index (χ1) is 10.2. The standard InChI is InChI=1S/C17H20FNO2/c1-3-12-8-9-15(16(10-12)20-2)21-17(11-19)13-6-4-5-7-14(13)18/h4-10,17H,3,11,19H2,1-2H3. The number of ether oxygens (including phenoxy) is 2. The third kappa shape index (κ3) is 3.52. The Hall–Kier alpha value is -2.07. The number of halogens is 1. The van der Waals surface area contributed by atoms with Crippen molar-refractivity contribution in [2.24, 2.45) is 5.73 Å². The van der Waals surface area contributed by atoms with Gasteiger partial charge in [0, 0.05) is 12.1 Å². The summed E-state index contributed by atoms with van der Waals surface area (Å²) in [6.07, 6.45) is 0.358. The molecular weight excluding hydrogens is 269 g/mol. The summed E-state index contributed by atoms with van der Waals surface area (Å²) in [5.41, 5.74) is 7.33. The van der Waals surface area contributed by atoms with E-state index in [4.69, 9.17) is 15.2 Å². The summed E-state index contributed by atoms with van der Waals surface area (Å²) in [5.74, 6) is 0.870. The quantitative estimate of drug-likeness (QED) is 0.885. The van der Waals surface area contributed by atoms with E-state index in [1.807, 2.05) is 18.2 Å². The van der Waals surface area contributed by atoms with Gasteiger partial charge in [-0.1, -0.05) is 31.2 Å². The Morgan fingerprint density at radius 3 is 2.52 bits per heavy atom. The second-order valence-corrected chi connectivity index (χ2v) is 4.70. The van der Waals surface area contributed by atoms with Crippen LogP contribution in [-0.4, -0.2) is 13.7 Å². The maximum absolute atomic E-state index is 13.9. The summed E-state index contributed by atoms with van der Waals surface area (Å²) >= 11 is 0. The molecule has 0 amide bonds. The molecule has 0 aliphatic rings. The SMILES string of the molecule is CCc1ccc(OC(CN)c2ccccc2F)c(OC)c1. The molecule has 2 aromatic carbocycles. The third-order valence-corrected chi connectivity index (χ3v) is 3.37. The highest BCUT2D eigenvalue weighted by molar-refractivity contribution is 5.43. The van der Waals surface area contributed by atoms with Gasteiger partial charge in [-0.2, -0.15) is 0 Å². The molecule has 1 unspecified atom stereocenters. The molecule has 1 atom stereocenters. The van der Waals surface area contributed by atoms with Crippen molar-refractivity contribution >= 4 is 0 Å². The van der Waals surface area contributed by atoms with Crippen LogP contribution >= 0.6 is 0 Å². The topological polar surface area (TPSA) is 44.5 Å². The fourth-order valence-corrected chi connectivity index (χ4v) is 2.16. The maximum atomic E-state index is 13.9. The molecule has 0 spiro atoms. The van der Waals surface area contributed by atoms with Gasteiger partial charge < -0.3 is 15.2 Å². The second-order valence-electron chi connectivity index (χ2n) is 4.70. The number of rotatable bonds is 6. The van der Waals surface area contributed by atoms with E-state index < -0.39 is 6.10 Å². The van der Waals surface area contributed by atoms with Crippen molar-refractivity contribution in [2.45, 2.75) is 19.4 Å². The van der Waals surface area contributed by atoms with Gasteiger partial charge in [0.25, 0.3) is 0 Å². The predicted octanol–water partition coefficient (Wildman–Crippen LogP) is 3.48. The summed E-state index contributed by atoms with van der Waals surface area (Å²) < 4.78 is 25.1. The van der Waals surface area contributed by atoms with Gasteiger partial charge in [-0.3, -0.25) is 0 Å². The van der Waals surface area contributed by atoms with Crippen LogP contribution in [-0.2, 0) is 6.42 Å². The molecule has 3 nitrogen and oxygen atoms in total. The molecule has 0 radical (unpaired) electrons. The Bertz CT molecular complexity index is 601. The molecule has 0 bridgehead atoms. The Morgan fingerprint density at radius 1 is 1.14 bits per heavy atom. The van der Waals surface area contributed by atoms with Crippen molar-refractivity contribution in [1.82, 2.24) is 0 Å². The van der Waals surface area contributed by atoms with E-state index in [2.05, 4.69) is 6.92 Å². The first kappa shape index (κ1) is 15.3. The number of methoxy groups -OCH3 is 1. The van der Waals surface area contributed by atoms with Crippen molar-refractivity contribution in [1.29, 1.82) is 0 Å². The molecule has 2 N–H and O–H groups in total. The highest BCUT2D eigenvalue weighted by Gasteiger charge is 2.17. The van der Waals surface area contributed by atoms with Crippen LogP contribution in [0.2, 0.25) is 0 Å². The van der Waals surface area contributed by atoms with Crippen molar-refractivity contribution < 1.29 is 13.9 Å². The van der Waals surface area contributed by atoms with Crippen molar-refractivity contribution in [3.05, 3.63) is 59.4 Å². The molecule has 0 aliphatic carbocycles. The van der Waals surface area contributed by atoms with Crippen LogP contribution in [0.3, 0.4) is 0 Å². The summed E-state index contributed by atoms with van der Waals surface area (Å²) in [4.78, 5) is 0. The van der Waals surface area contributed by atoms with E-state index in [1.165, 1.54) is 6.07 Å². The maximum Gasteiger partial charge on any atom is 0.162 e. The molecule has 2 rings (SSSR count). The fraction of sp³-hybridized carbons (Fsp3) is 0.294. The van der Waals surface area contributed by atoms with Gasteiger partial charge in [-0.25, -0.2) is 4.39 Å². The number of benzene rings is 2. The zero-order chi connectivity index (χ0) is 15.2. The summed E-state index contributed by atoms with van der Waals surface area (Å²) in [6, 6.07) is 12.2. The van der Waals surface area contributed by atoms with E-state index in [0.717, 1.165) is 12.0 Å². The van der Waals surface area contributed by atoms with Crippen LogP contribution in [0.4, 0.5) is 4.39 Å². The lowest BCUT2D eigenvalue weighted by Crippen LogP contribution is -2.20. The third-order valence-electron chi connectivity index (χ3n) is 3.37. The van der Waals surface area contributed by atoms with Gasteiger partial charge in [-0.05, 0) is 30.2 Å². The van der Waals surface area contributed by atoms with E-state index in [0.29, 0.717) is 17.1 Å². The van der Waals surface area contributed by atoms with Crippen LogP contribution < -0.4 is 15.2 Å². The molecule has 0 fully saturated rings. The molecule has 4 heteroatoms. The van der Waals surface area contributed by atoms with Gasteiger partial charge in [-0.15, -0.1) is 0 Å². The molecule has 2 aromatic rings. The Balaban J connectivity index is 2.29. The summed E-state index contributed by atoms with van der Waals surface area (Å²) in [7, 11) is 1.59. The van der Waals surface area contributed by atoms with E-state index >= 15 is 0 Å². The lowest BCUT2D eigenvalue weighted by molar-refractivity contribution is 0.199. The average Bonchev–Trinajstić information content (AvgIpc) is 2.53. The summed E-state index contributed by atoms with van der Waals surface area (Å²) in [5, 5.41) is 0. The molecule has 21 heavy (non-hydrogen) atoms. The minimum absolute atomic E-state index is 0.180. The van der Waals surface area contributed by atoms with Crippen LogP contribution in [0.25, 0.3) is 0 Å². The molecular formula is C17H20FNO2. The molecule has 0 heterocycles. The molecule has 0 saturated heterocycles. The number of nitrogens with two attached hydrogens (primary N) is 1. The molecule has 0 aliphatic heterocycles. The van der Waals surface area contributed by atoms with Gasteiger partial charge in [0.15, 0.2) is 11.5 Å². The number of aryl methyl sites for hydroxylation is 1. The van der Waals surface area contributed by atoms with Crippen molar-refractivity contribution in [3.8, 4) is 11.5 Å². The second kappa shape index (κ2) is 7.09. The van der Waals surface area contributed by atoms with E-state index in [1.54, 1.807) is 25.3 Å². The lowest BCUT2D eigenvalue weighted by Gasteiger charge is -2.20. The van der Waals surface area contributed by atoms with Gasteiger partial charge in [0.05, 0.1) is 7.11 Å². The highest BCUT2D eigenvalue weighted by Crippen LogP contribution is 2.32. The van der Waals surface area contributed by atoms with Gasteiger partial charge in [0.2, 0.25) is 0 Å². The van der Waals surface area contributed by atoms with Gasteiger partial charge >= 0.3 is 0 Å². The largest absolute Gasteiger partial charge is 0.493 e. The minimum Gasteiger partial charge on any atom is -0.493 e. The molecule has 0 aromatic heterocycles. The monoisotopic (exact) mass is 289 g/mol. The van der Waals surface area contributed by atoms with Crippen LogP contribution in [0.1, 0.15) is 24.2 Å². The Kier molecular flexibility index (Phi) is 5.17. The van der Waals surface area contributed by atoms with Crippen LogP contribution in [0.15, 0.2) is 42.5 Å². The van der Waals surface area contributed by atoms with Crippen molar-refractivity contribution in [2.75, 3.05) is 13.7 Å². The molecule has 0 saturated carbocycles. The first-order valence-corrected chi connectivity index (χ1v) is 6.97. The Labute approximate surface area is 124 Å². The summed E-state index contributed by atoms with van der Waals surface area (Å²) in [6.45, 7) is 2.25. The van der Waals surface area contributed by atoms with E-state index in [9.17, 15) is 4.39 Å². The lowest BCUT2D eigenvalue weighted by atomic mass is 10.1. The minimum atomic E-state index is -0.549.